The first kappa shape index (κ1) is 44.5. The fraction of sp³-hybridized carbons (Fsp3) is 0.408. The molecule has 3 aliphatic rings. The summed E-state index contributed by atoms with van der Waals surface area (Å²) in [6.07, 6.45) is 22.1. The van der Waals surface area contributed by atoms with Gasteiger partial charge in [-0.1, -0.05) is 47.6 Å². The predicted octanol–water partition coefficient (Wildman–Crippen LogP) is 7.97. The van der Waals surface area contributed by atoms with Crippen molar-refractivity contribution in [2.75, 3.05) is 0 Å². The van der Waals surface area contributed by atoms with E-state index in [9.17, 15) is 29.7 Å². The second-order valence-electron chi connectivity index (χ2n) is 16.4. The lowest BCUT2D eigenvalue weighted by Gasteiger charge is -2.13. The number of carboxylic acids is 2. The molecule has 0 amide bonds. The average Bonchev–Trinajstić information content (AvgIpc) is 3.85. The number of fused-ring (bicyclic) bond motifs is 8. The average molecular weight is 803 g/mol. The van der Waals surface area contributed by atoms with Crippen LogP contribution < -0.4 is 21.3 Å². The Bertz CT molecular complexity index is 2330. The van der Waals surface area contributed by atoms with E-state index in [-0.39, 0.29) is 31.7 Å². The normalized spacial score (nSPS) is 18.3. The van der Waals surface area contributed by atoms with Crippen molar-refractivity contribution in [3.63, 3.8) is 0 Å². The number of aromatic amines is 2. The van der Waals surface area contributed by atoms with E-state index >= 15 is 0 Å². The number of carboxylic acid groups (broad SMARTS) is 2. The zero-order valence-corrected chi connectivity index (χ0v) is 35.8. The minimum Gasteiger partial charge on any atom is -0.481 e. The number of hydrogen-bond acceptors (Lipinski definition) is 6. The lowest BCUT2D eigenvalue weighted by Crippen LogP contribution is -2.27. The molecule has 5 heterocycles. The minimum absolute atomic E-state index is 0.0675. The number of H-pyrrole nitrogens is 2. The van der Waals surface area contributed by atoms with Crippen molar-refractivity contribution < 1.29 is 29.7 Å². The molecule has 7 N–H and O–H groups in total. The Kier molecular flexibility index (Phi) is 15.0. The molecule has 2 aromatic rings. The molecule has 0 fully saturated rings. The second kappa shape index (κ2) is 19.9. The van der Waals surface area contributed by atoms with Gasteiger partial charge in [-0.2, -0.15) is 0 Å². The number of carbonyl (C=O) groups excluding carboxylic acids is 1. The molecule has 3 aliphatic heterocycles. The van der Waals surface area contributed by atoms with Gasteiger partial charge in [-0.05, 0) is 158 Å². The van der Waals surface area contributed by atoms with Gasteiger partial charge in [0.2, 0.25) is 0 Å². The van der Waals surface area contributed by atoms with Gasteiger partial charge in [0, 0.05) is 57.5 Å². The second-order valence-corrected chi connectivity index (χ2v) is 16.4. The number of rotatable bonds is 18. The van der Waals surface area contributed by atoms with Crippen LogP contribution in [0.4, 0.5) is 0 Å². The molecule has 59 heavy (non-hydrogen) atoms. The number of nitrogens with one attached hydrogen (secondary N) is 4. The molecule has 3 atom stereocenters. The minimum atomic E-state index is -0.977. The number of aldehydes is 1. The summed E-state index contributed by atoms with van der Waals surface area (Å²) in [7, 11) is 0. The Labute approximate surface area is 348 Å². The van der Waals surface area contributed by atoms with Crippen molar-refractivity contribution in [2.24, 2.45) is 0 Å². The van der Waals surface area contributed by atoms with Crippen LogP contribution >= 0.6 is 0 Å². The highest BCUT2D eigenvalue weighted by Gasteiger charge is 2.30. The van der Waals surface area contributed by atoms with E-state index in [0.717, 1.165) is 82.1 Å². The van der Waals surface area contributed by atoms with Crippen molar-refractivity contribution >= 4 is 42.5 Å². The molecule has 0 aromatic carbocycles. The van der Waals surface area contributed by atoms with Crippen molar-refractivity contribution in [3.8, 4) is 0 Å². The standard InChI is InChI=1S/C49H62N4O6/c1-9-34-31(6)39-25-45-49(46(55)18-12-17-30(5)16-11-15-29(4)14-10-13-28(2)3)33(8)40(52-45)24-44-37(27-54)36(20-22-48(58)59)43(53-44)26-42-35(19-21-47(56)57)32(7)38(51-42)23-41(34)50-39/h9,13,15,17,23-27,41,43,46,50-53,55H,1,10-12,14,16,18-22H2,2-8H3,(H,56,57)(H,58,59). The van der Waals surface area contributed by atoms with Crippen LogP contribution in [0.3, 0.4) is 0 Å². The first-order valence-corrected chi connectivity index (χ1v) is 20.8. The quantitative estimate of drug-likeness (QED) is 0.0589. The number of aromatic nitrogens is 2. The summed E-state index contributed by atoms with van der Waals surface area (Å²) in [5.74, 6) is -1.89. The van der Waals surface area contributed by atoms with E-state index in [4.69, 9.17) is 0 Å². The van der Waals surface area contributed by atoms with Gasteiger partial charge in [-0.15, -0.1) is 0 Å². The third kappa shape index (κ3) is 10.9. The molecule has 3 unspecified atom stereocenters. The van der Waals surface area contributed by atoms with Crippen molar-refractivity contribution in [1.29, 1.82) is 0 Å². The van der Waals surface area contributed by atoms with Gasteiger partial charge in [0.05, 0.1) is 18.2 Å². The van der Waals surface area contributed by atoms with Crippen LogP contribution in [0.5, 0.6) is 0 Å². The highest BCUT2D eigenvalue weighted by molar-refractivity contribution is 5.88. The zero-order valence-electron chi connectivity index (χ0n) is 35.8. The molecule has 0 aliphatic carbocycles. The zero-order chi connectivity index (χ0) is 43.0. The number of aliphatic carboxylic acids is 2. The van der Waals surface area contributed by atoms with Crippen molar-refractivity contribution in [1.82, 2.24) is 20.6 Å². The van der Waals surface area contributed by atoms with Crippen LogP contribution in [0.1, 0.15) is 132 Å². The van der Waals surface area contributed by atoms with E-state index in [0.29, 0.717) is 40.7 Å². The van der Waals surface area contributed by atoms with E-state index < -0.39 is 24.1 Å². The fourth-order valence-corrected chi connectivity index (χ4v) is 8.38. The van der Waals surface area contributed by atoms with Crippen LogP contribution in [0.15, 0.2) is 81.3 Å². The SMILES string of the molecule is C=CC1=C(C)C2=Cc3[nH]c(c(C)c3C(O)CCC=C(C)CCC=C(C)CCC=C(C)C)C=C3NC(C=c4[nH]c(c(C)c4CCC(=O)O)=CC1N2)C(CCC(=O)O)=C3C=O. The Morgan fingerprint density at radius 1 is 0.763 bits per heavy atom. The maximum absolute atomic E-state index is 12.8. The Hall–Kier alpha value is -5.61. The topological polar surface area (TPSA) is 168 Å². The number of carbonyl (C=O) groups is 3. The Morgan fingerprint density at radius 2 is 1.37 bits per heavy atom. The van der Waals surface area contributed by atoms with Crippen LogP contribution in [-0.2, 0) is 20.8 Å². The molecular weight excluding hydrogens is 741 g/mol. The number of aliphatic hydroxyl groups is 1. The molecule has 8 bridgehead atoms. The summed E-state index contributed by atoms with van der Waals surface area (Å²) in [5, 5.41) is 39.8. The molecule has 0 saturated carbocycles. The van der Waals surface area contributed by atoms with E-state index in [1.165, 1.54) is 16.7 Å². The third-order valence-electron chi connectivity index (χ3n) is 11.8. The van der Waals surface area contributed by atoms with Crippen LogP contribution in [0, 0.1) is 13.8 Å². The highest BCUT2D eigenvalue weighted by atomic mass is 16.4. The summed E-state index contributed by atoms with van der Waals surface area (Å²) < 4.78 is 0. The molecule has 0 radical (unpaired) electrons. The van der Waals surface area contributed by atoms with Gasteiger partial charge in [0.25, 0.3) is 0 Å². The molecule has 5 rings (SSSR count). The largest absolute Gasteiger partial charge is 0.481 e. The lowest BCUT2D eigenvalue weighted by molar-refractivity contribution is -0.138. The molecule has 0 spiro atoms. The van der Waals surface area contributed by atoms with Gasteiger partial charge in [0.15, 0.2) is 6.29 Å². The molecule has 314 valence electrons. The monoisotopic (exact) mass is 802 g/mol. The number of hydrogen-bond donors (Lipinski definition) is 7. The van der Waals surface area contributed by atoms with Gasteiger partial charge in [-0.25, -0.2) is 0 Å². The summed E-state index contributed by atoms with van der Waals surface area (Å²) in [4.78, 5) is 43.4. The van der Waals surface area contributed by atoms with Crippen LogP contribution in [0.2, 0.25) is 0 Å². The Morgan fingerprint density at radius 3 is 2.02 bits per heavy atom. The predicted molar refractivity (Wildman–Crippen MR) is 237 cm³/mol. The van der Waals surface area contributed by atoms with Crippen LogP contribution in [-0.4, -0.2) is 55.6 Å². The molecule has 10 nitrogen and oxygen atoms in total. The molecule has 2 aromatic heterocycles. The van der Waals surface area contributed by atoms with Gasteiger partial charge < -0.3 is 35.9 Å². The van der Waals surface area contributed by atoms with Crippen LogP contribution in [0.25, 0.3) is 24.3 Å². The van der Waals surface area contributed by atoms with E-state index in [1.807, 2.05) is 45.1 Å². The molecule has 0 saturated heterocycles. The lowest BCUT2D eigenvalue weighted by atomic mass is 9.97. The van der Waals surface area contributed by atoms with E-state index in [1.54, 1.807) is 0 Å². The van der Waals surface area contributed by atoms with Gasteiger partial charge in [-0.3, -0.25) is 14.4 Å². The highest BCUT2D eigenvalue weighted by Crippen LogP contribution is 2.36. The smallest absolute Gasteiger partial charge is 0.303 e. The van der Waals surface area contributed by atoms with Crippen molar-refractivity contribution in [2.45, 2.75) is 131 Å². The van der Waals surface area contributed by atoms with Crippen molar-refractivity contribution in [3.05, 3.63) is 126 Å². The summed E-state index contributed by atoms with van der Waals surface area (Å²) in [6, 6.07) is -0.789. The summed E-state index contributed by atoms with van der Waals surface area (Å²) >= 11 is 0. The summed E-state index contributed by atoms with van der Waals surface area (Å²) in [5.41, 5.74) is 13.3. The molecular formula is C49H62N4O6. The molecule has 10 heteroatoms. The first-order valence-electron chi connectivity index (χ1n) is 20.8. The maximum Gasteiger partial charge on any atom is 0.303 e. The third-order valence-corrected chi connectivity index (χ3v) is 11.8. The fourth-order valence-electron chi connectivity index (χ4n) is 8.38. The van der Waals surface area contributed by atoms with Gasteiger partial charge in [0.1, 0.15) is 0 Å². The Balaban J connectivity index is 1.57. The maximum atomic E-state index is 12.8. The van der Waals surface area contributed by atoms with Gasteiger partial charge >= 0.3 is 11.9 Å². The van der Waals surface area contributed by atoms with E-state index in [2.05, 4.69) is 79.2 Å². The number of aliphatic hydroxyl groups excluding tert-OH is 1. The summed E-state index contributed by atoms with van der Waals surface area (Å²) in [6.45, 7) is 18.7. The number of allylic oxidation sites excluding steroid dienone is 8. The first-order chi connectivity index (χ1) is 28.1.